The number of fused-ring (bicyclic) bond motifs is 2. The Bertz CT molecular complexity index is 1680. The molecule has 2 aromatic carbocycles. The summed E-state index contributed by atoms with van der Waals surface area (Å²) in [4.78, 5) is 25.9. The first-order chi connectivity index (χ1) is 20.9. The average molecular weight is 626 g/mol. The summed E-state index contributed by atoms with van der Waals surface area (Å²) in [7, 11) is -2.39. The molecule has 1 saturated heterocycles. The van der Waals surface area contributed by atoms with E-state index in [0.29, 0.717) is 29.2 Å². The smallest absolute Gasteiger partial charge is 0.459 e. The molecule has 4 aromatic rings. The number of nitrogens with zero attached hydrogens (tertiary/aromatic N) is 4. The molecule has 13 nitrogen and oxygen atoms in total. The lowest BCUT2D eigenvalue weighted by Gasteiger charge is -2.25. The van der Waals surface area contributed by atoms with E-state index >= 15 is 0 Å². The molecule has 4 N–H and O–H groups in total. The number of benzene rings is 2. The number of nitrogens with one attached hydrogen (secondary N) is 2. The zero-order chi connectivity index (χ0) is 31.6. The molecule has 3 heterocycles. The molecular weight excluding hydrogens is 585 g/mol. The molecule has 0 amide bonds. The number of imidazole rings is 1. The van der Waals surface area contributed by atoms with Crippen LogP contribution in [0.1, 0.15) is 47.3 Å². The Morgan fingerprint density at radius 1 is 1.20 bits per heavy atom. The molecule has 2 aromatic heterocycles. The number of aromatic nitrogens is 4. The number of hydrogen-bond acceptors (Lipinski definition) is 11. The molecule has 1 aliphatic rings. The number of esters is 1. The van der Waals surface area contributed by atoms with Crippen molar-refractivity contribution in [2.45, 2.75) is 59.4 Å². The van der Waals surface area contributed by atoms with Crippen LogP contribution in [0.5, 0.6) is 5.75 Å². The highest BCUT2D eigenvalue weighted by atomic mass is 31.2. The topological polar surface area (TPSA) is 165 Å². The maximum Gasteiger partial charge on any atom is 0.459 e. The van der Waals surface area contributed by atoms with E-state index in [1.165, 1.54) is 0 Å². The molecule has 14 heteroatoms. The first kappa shape index (κ1) is 31.6. The molecule has 1 unspecified atom stereocenters. The van der Waals surface area contributed by atoms with Crippen molar-refractivity contribution in [3.63, 3.8) is 0 Å². The lowest BCUT2D eigenvalue weighted by molar-refractivity contribution is -0.148. The van der Waals surface area contributed by atoms with Crippen molar-refractivity contribution in [3.05, 3.63) is 48.8 Å². The number of anilines is 2. The van der Waals surface area contributed by atoms with Crippen molar-refractivity contribution in [2.24, 2.45) is 11.3 Å². The summed E-state index contributed by atoms with van der Waals surface area (Å²) >= 11 is 0. The van der Waals surface area contributed by atoms with Crippen LogP contribution in [0.2, 0.25) is 0 Å². The Morgan fingerprint density at radius 3 is 2.70 bits per heavy atom. The molecule has 0 radical (unpaired) electrons. The lowest BCUT2D eigenvalue weighted by Crippen LogP contribution is -2.37. The quantitative estimate of drug-likeness (QED) is 0.146. The van der Waals surface area contributed by atoms with Crippen LogP contribution in [0.15, 0.2) is 48.8 Å². The zero-order valence-electron chi connectivity index (χ0n) is 25.8. The molecule has 236 valence electrons. The molecule has 0 aliphatic carbocycles. The highest BCUT2D eigenvalue weighted by Gasteiger charge is 2.39. The van der Waals surface area contributed by atoms with Crippen molar-refractivity contribution < 1.29 is 27.9 Å². The van der Waals surface area contributed by atoms with Gasteiger partial charge in [0, 0.05) is 18.4 Å². The predicted molar refractivity (Wildman–Crippen MR) is 168 cm³/mol. The second kappa shape index (κ2) is 12.7. The zero-order valence-corrected chi connectivity index (χ0v) is 26.7. The second-order valence-corrected chi connectivity index (χ2v) is 13.9. The highest BCUT2D eigenvalue weighted by molar-refractivity contribution is 7.52. The second-order valence-electron chi connectivity index (χ2n) is 12.2. The summed E-state index contributed by atoms with van der Waals surface area (Å²) in [6, 6.07) is 12.1. The predicted octanol–water partition coefficient (Wildman–Crippen LogP) is 5.30. The Hall–Kier alpha value is -3.77. The average Bonchev–Trinajstić information content (AvgIpc) is 3.56. The van der Waals surface area contributed by atoms with E-state index in [9.17, 15) is 9.36 Å². The van der Waals surface area contributed by atoms with Crippen LogP contribution in [0.4, 0.5) is 11.8 Å². The molecule has 5 atom stereocenters. The van der Waals surface area contributed by atoms with E-state index in [1.807, 2.05) is 62.6 Å². The molecule has 1 fully saturated rings. The van der Waals surface area contributed by atoms with Crippen molar-refractivity contribution in [1.82, 2.24) is 24.6 Å². The van der Waals surface area contributed by atoms with Crippen molar-refractivity contribution in [2.75, 3.05) is 31.3 Å². The van der Waals surface area contributed by atoms with Gasteiger partial charge in [-0.05, 0) is 30.2 Å². The van der Waals surface area contributed by atoms with Crippen LogP contribution in [0, 0.1) is 11.3 Å². The fourth-order valence-corrected chi connectivity index (χ4v) is 6.58. The SMILES string of the molecule is CNc1nc(N)nc2c1ncn2[C@@H]1O[C@H](COP(=O)(N[C@H](C)C(=O)OCC(C)(C)C)Oc2cccc3ccccc23)C[C@@H]1C. The van der Waals surface area contributed by atoms with Gasteiger partial charge in [-0.1, -0.05) is 64.1 Å². The molecule has 5 rings (SSSR count). The van der Waals surface area contributed by atoms with E-state index in [-0.39, 0.29) is 30.5 Å². The van der Waals surface area contributed by atoms with Gasteiger partial charge in [0.15, 0.2) is 17.0 Å². The molecule has 44 heavy (non-hydrogen) atoms. The Labute approximate surface area is 256 Å². The van der Waals surface area contributed by atoms with Crippen LogP contribution in [-0.2, 0) is 23.4 Å². The van der Waals surface area contributed by atoms with Gasteiger partial charge in [-0.2, -0.15) is 15.1 Å². The van der Waals surface area contributed by atoms with Gasteiger partial charge < -0.3 is 25.0 Å². The minimum absolute atomic E-state index is 0.0351. The number of carbonyl (C=O) groups is 1. The van der Waals surface area contributed by atoms with Crippen LogP contribution in [0.3, 0.4) is 0 Å². The van der Waals surface area contributed by atoms with Crippen molar-refractivity contribution >= 4 is 47.4 Å². The van der Waals surface area contributed by atoms with Gasteiger partial charge in [-0.25, -0.2) is 9.55 Å². The third kappa shape index (κ3) is 7.13. The third-order valence-electron chi connectivity index (χ3n) is 7.15. The summed E-state index contributed by atoms with van der Waals surface area (Å²) in [6.45, 7) is 9.62. The monoisotopic (exact) mass is 625 g/mol. The summed E-state index contributed by atoms with van der Waals surface area (Å²) in [6.07, 6.45) is 1.38. The van der Waals surface area contributed by atoms with Gasteiger partial charge in [0.05, 0.1) is 25.6 Å². The van der Waals surface area contributed by atoms with E-state index < -0.39 is 32.1 Å². The minimum atomic E-state index is -4.12. The van der Waals surface area contributed by atoms with E-state index in [4.69, 9.17) is 24.3 Å². The van der Waals surface area contributed by atoms with Gasteiger partial charge in [0.25, 0.3) is 0 Å². The fourth-order valence-electron chi connectivity index (χ4n) is 5.04. The van der Waals surface area contributed by atoms with Gasteiger partial charge in [-0.15, -0.1) is 0 Å². The number of rotatable bonds is 11. The maximum absolute atomic E-state index is 14.3. The number of hydrogen-bond donors (Lipinski definition) is 3. The maximum atomic E-state index is 14.3. The van der Waals surface area contributed by atoms with Gasteiger partial charge in [0.2, 0.25) is 5.95 Å². The molecule has 1 aliphatic heterocycles. The number of ether oxygens (including phenoxy) is 2. The first-order valence-corrected chi connectivity index (χ1v) is 16.1. The van der Waals surface area contributed by atoms with E-state index in [1.54, 1.807) is 32.4 Å². The fraction of sp³-hybridized carbons (Fsp3) is 0.467. The van der Waals surface area contributed by atoms with Crippen molar-refractivity contribution in [1.29, 1.82) is 0 Å². The summed E-state index contributed by atoms with van der Waals surface area (Å²) in [5.74, 6) is 0.458. The van der Waals surface area contributed by atoms with Crippen LogP contribution < -0.4 is 20.7 Å². The summed E-state index contributed by atoms with van der Waals surface area (Å²) in [5.41, 5.74) is 6.81. The highest BCUT2D eigenvalue weighted by Crippen LogP contribution is 2.48. The third-order valence-corrected chi connectivity index (χ3v) is 8.78. The van der Waals surface area contributed by atoms with E-state index in [0.717, 1.165) is 10.8 Å². The minimum Gasteiger partial charge on any atom is -0.464 e. The molecule has 0 saturated carbocycles. The number of carbonyl (C=O) groups excluding carboxylic acids is 1. The van der Waals surface area contributed by atoms with Crippen LogP contribution in [0.25, 0.3) is 21.9 Å². The Balaban J connectivity index is 1.35. The van der Waals surface area contributed by atoms with Gasteiger partial charge >= 0.3 is 13.7 Å². The standard InChI is InChI=1S/C30H40N7O6P/c1-18-14-21(42-27(18)37-17-33-24-25(32-6)34-29(31)35-26(24)37)15-41-44(39,36-19(2)28(38)40-16-30(3,4)5)43-23-13-9-11-20-10-7-8-12-22(20)23/h7-13,17-19,21,27H,14-16H2,1-6H3,(H,36,39)(H3,31,32,34,35)/t18-,19+,21-,27+,44?/m0/s1. The van der Waals surface area contributed by atoms with Gasteiger partial charge in [0.1, 0.15) is 18.0 Å². The Morgan fingerprint density at radius 2 is 1.95 bits per heavy atom. The van der Waals surface area contributed by atoms with Crippen molar-refractivity contribution in [3.8, 4) is 5.75 Å². The normalized spacial score (nSPS) is 20.8. The largest absolute Gasteiger partial charge is 0.464 e. The molecular formula is C30H40N7O6P. The summed E-state index contributed by atoms with van der Waals surface area (Å²) < 4.78 is 40.0. The number of nitrogens with two attached hydrogens (primary N) is 1. The summed E-state index contributed by atoms with van der Waals surface area (Å²) in [5, 5.41) is 7.44. The Kier molecular flexibility index (Phi) is 9.12. The van der Waals surface area contributed by atoms with Crippen LogP contribution in [-0.4, -0.2) is 57.9 Å². The van der Waals surface area contributed by atoms with E-state index in [2.05, 4.69) is 25.4 Å². The molecule has 0 bridgehead atoms. The number of nitrogen functional groups attached to an aromatic ring is 1. The van der Waals surface area contributed by atoms with Crippen LogP contribution >= 0.6 is 7.75 Å². The first-order valence-electron chi connectivity index (χ1n) is 14.6. The molecule has 0 spiro atoms. The van der Waals surface area contributed by atoms with Gasteiger partial charge in [-0.3, -0.25) is 13.9 Å². The lowest BCUT2D eigenvalue weighted by atomic mass is 9.99.